The van der Waals surface area contributed by atoms with Crippen molar-refractivity contribution in [3.05, 3.63) is 29.8 Å². The van der Waals surface area contributed by atoms with Crippen molar-refractivity contribution < 1.29 is 14.3 Å². The highest BCUT2D eigenvalue weighted by Gasteiger charge is 2.38. The molecule has 1 aliphatic heterocycles. The first-order chi connectivity index (χ1) is 11.6. The zero-order chi connectivity index (χ0) is 17.4. The number of hydrogen-bond donors (Lipinski definition) is 2. The van der Waals surface area contributed by atoms with Gasteiger partial charge in [0, 0.05) is 32.8 Å². The summed E-state index contributed by atoms with van der Waals surface area (Å²) in [4.78, 5) is 14.6. The van der Waals surface area contributed by atoms with E-state index in [4.69, 9.17) is 15.2 Å². The van der Waals surface area contributed by atoms with Crippen LogP contribution in [0.5, 0.6) is 5.75 Å². The number of nitrogens with two attached hydrogens (primary N) is 1. The molecule has 0 bridgehead atoms. The summed E-state index contributed by atoms with van der Waals surface area (Å²) in [7, 11) is 4.03. The predicted octanol–water partition coefficient (Wildman–Crippen LogP) is 0.999. The molecule has 6 nitrogen and oxygen atoms in total. The number of nitrogens with one attached hydrogen (secondary N) is 1. The molecule has 0 aliphatic carbocycles. The van der Waals surface area contributed by atoms with Crippen molar-refractivity contribution in [1.82, 2.24) is 10.2 Å². The minimum absolute atomic E-state index is 0.0274. The van der Waals surface area contributed by atoms with Crippen LogP contribution in [0.3, 0.4) is 0 Å². The highest BCUT2D eigenvalue weighted by molar-refractivity contribution is 5.83. The number of hydrogen-bond acceptors (Lipinski definition) is 5. The van der Waals surface area contributed by atoms with Crippen LogP contribution < -0.4 is 15.8 Å². The van der Waals surface area contributed by atoms with E-state index in [1.165, 1.54) is 0 Å². The lowest BCUT2D eigenvalue weighted by Gasteiger charge is -2.34. The SMILES string of the molecule is CN(C)CCOc1ccc(CNC(=O)C2(CN)CCOCC2)cc1. The summed E-state index contributed by atoms with van der Waals surface area (Å²) in [5, 5.41) is 3.02. The molecule has 1 saturated heterocycles. The van der Waals surface area contributed by atoms with Crippen LogP contribution in [0.1, 0.15) is 18.4 Å². The maximum absolute atomic E-state index is 12.5. The van der Waals surface area contributed by atoms with Crippen LogP contribution in [0.25, 0.3) is 0 Å². The Morgan fingerprint density at radius 3 is 2.54 bits per heavy atom. The van der Waals surface area contributed by atoms with Crippen molar-refractivity contribution in [2.24, 2.45) is 11.1 Å². The van der Waals surface area contributed by atoms with E-state index in [1.54, 1.807) is 0 Å². The van der Waals surface area contributed by atoms with Gasteiger partial charge in [0.1, 0.15) is 12.4 Å². The first-order valence-electron chi connectivity index (χ1n) is 8.48. The number of rotatable bonds is 8. The molecule has 1 amide bonds. The molecule has 0 aromatic heterocycles. The molecule has 0 saturated carbocycles. The summed E-state index contributed by atoms with van der Waals surface area (Å²) in [5.74, 6) is 0.870. The van der Waals surface area contributed by atoms with Gasteiger partial charge in [0.25, 0.3) is 0 Å². The molecule has 0 radical (unpaired) electrons. The normalized spacial score (nSPS) is 16.8. The molecule has 1 aromatic carbocycles. The molecule has 0 atom stereocenters. The third kappa shape index (κ3) is 5.19. The van der Waals surface area contributed by atoms with Gasteiger partial charge in [-0.05, 0) is 44.6 Å². The summed E-state index contributed by atoms with van der Waals surface area (Å²) in [6, 6.07) is 7.82. The molecule has 6 heteroatoms. The number of nitrogens with zero attached hydrogens (tertiary/aromatic N) is 1. The Bertz CT molecular complexity index is 511. The number of likely N-dealkylation sites (N-methyl/N-ethyl adjacent to an activating group) is 1. The summed E-state index contributed by atoms with van der Waals surface area (Å²) >= 11 is 0. The zero-order valence-corrected chi connectivity index (χ0v) is 14.7. The largest absolute Gasteiger partial charge is 0.492 e. The minimum Gasteiger partial charge on any atom is -0.492 e. The molecule has 0 unspecified atom stereocenters. The van der Waals surface area contributed by atoms with E-state index >= 15 is 0 Å². The number of carbonyl (C=O) groups is 1. The quantitative estimate of drug-likeness (QED) is 0.741. The minimum atomic E-state index is -0.479. The second kappa shape index (κ2) is 9.01. The molecule has 2 rings (SSSR count). The number of amides is 1. The van der Waals surface area contributed by atoms with Gasteiger partial charge < -0.3 is 25.4 Å². The average Bonchev–Trinajstić information content (AvgIpc) is 2.61. The standard InChI is InChI=1S/C18H29N3O3/c1-21(2)9-12-24-16-5-3-15(4-6-16)13-20-17(22)18(14-19)7-10-23-11-8-18/h3-6H,7-14,19H2,1-2H3,(H,20,22). The van der Waals surface area contributed by atoms with Crippen molar-refractivity contribution in [2.75, 3.05) is 47.0 Å². The van der Waals surface area contributed by atoms with Gasteiger partial charge in [0.15, 0.2) is 0 Å². The highest BCUT2D eigenvalue weighted by Crippen LogP contribution is 2.29. The average molecular weight is 335 g/mol. The van der Waals surface area contributed by atoms with E-state index in [2.05, 4.69) is 10.2 Å². The third-order valence-corrected chi connectivity index (χ3v) is 4.51. The molecule has 1 aliphatic rings. The number of benzene rings is 1. The molecule has 3 N–H and O–H groups in total. The first-order valence-corrected chi connectivity index (χ1v) is 8.48. The summed E-state index contributed by atoms with van der Waals surface area (Å²) in [6.45, 7) is 3.60. The van der Waals surface area contributed by atoms with Gasteiger partial charge in [0.2, 0.25) is 5.91 Å². The summed E-state index contributed by atoms with van der Waals surface area (Å²) in [5.41, 5.74) is 6.42. The highest BCUT2D eigenvalue weighted by atomic mass is 16.5. The van der Waals surface area contributed by atoms with Crippen LogP contribution in [0.15, 0.2) is 24.3 Å². The maximum Gasteiger partial charge on any atom is 0.227 e. The monoisotopic (exact) mass is 335 g/mol. The Morgan fingerprint density at radius 1 is 1.29 bits per heavy atom. The lowest BCUT2D eigenvalue weighted by Crippen LogP contribution is -2.48. The van der Waals surface area contributed by atoms with Crippen molar-refractivity contribution in [3.63, 3.8) is 0 Å². The fourth-order valence-corrected chi connectivity index (χ4v) is 2.71. The molecule has 24 heavy (non-hydrogen) atoms. The number of ether oxygens (including phenoxy) is 2. The maximum atomic E-state index is 12.5. The van der Waals surface area contributed by atoms with E-state index in [-0.39, 0.29) is 5.91 Å². The van der Waals surface area contributed by atoms with Crippen LogP contribution in [0, 0.1) is 5.41 Å². The smallest absolute Gasteiger partial charge is 0.227 e. The molecular weight excluding hydrogens is 306 g/mol. The zero-order valence-electron chi connectivity index (χ0n) is 14.7. The fraction of sp³-hybridized carbons (Fsp3) is 0.611. The lowest BCUT2D eigenvalue weighted by molar-refractivity contribution is -0.136. The Hall–Kier alpha value is -1.63. The van der Waals surface area contributed by atoms with Crippen LogP contribution in [-0.4, -0.2) is 57.8 Å². The topological polar surface area (TPSA) is 76.8 Å². The van der Waals surface area contributed by atoms with Crippen LogP contribution in [0.2, 0.25) is 0 Å². The second-order valence-electron chi connectivity index (χ2n) is 6.58. The third-order valence-electron chi connectivity index (χ3n) is 4.51. The van der Waals surface area contributed by atoms with E-state index in [0.717, 1.165) is 17.9 Å². The summed E-state index contributed by atoms with van der Waals surface area (Å²) in [6.07, 6.45) is 1.38. The Kier molecular flexibility index (Phi) is 7.02. The molecular formula is C18H29N3O3. The van der Waals surface area contributed by atoms with Crippen molar-refractivity contribution in [3.8, 4) is 5.75 Å². The van der Waals surface area contributed by atoms with Gasteiger partial charge in [-0.3, -0.25) is 4.79 Å². The van der Waals surface area contributed by atoms with Crippen molar-refractivity contribution in [2.45, 2.75) is 19.4 Å². The van der Waals surface area contributed by atoms with Crippen LogP contribution in [-0.2, 0) is 16.1 Å². The fourth-order valence-electron chi connectivity index (χ4n) is 2.71. The second-order valence-corrected chi connectivity index (χ2v) is 6.58. The van der Waals surface area contributed by atoms with Gasteiger partial charge in [-0.25, -0.2) is 0 Å². The molecule has 1 heterocycles. The van der Waals surface area contributed by atoms with Gasteiger partial charge in [-0.1, -0.05) is 12.1 Å². The molecule has 134 valence electrons. The molecule has 1 fully saturated rings. The van der Waals surface area contributed by atoms with Gasteiger partial charge in [-0.2, -0.15) is 0 Å². The van der Waals surface area contributed by atoms with E-state index in [0.29, 0.717) is 45.8 Å². The lowest BCUT2D eigenvalue weighted by atomic mass is 9.79. The van der Waals surface area contributed by atoms with Crippen LogP contribution in [0.4, 0.5) is 0 Å². The van der Waals surface area contributed by atoms with Gasteiger partial charge >= 0.3 is 0 Å². The molecule has 1 aromatic rings. The molecule has 0 spiro atoms. The Morgan fingerprint density at radius 2 is 1.96 bits per heavy atom. The van der Waals surface area contributed by atoms with E-state index < -0.39 is 5.41 Å². The van der Waals surface area contributed by atoms with Crippen LogP contribution >= 0.6 is 0 Å². The predicted molar refractivity (Wildman–Crippen MR) is 93.9 cm³/mol. The Balaban J connectivity index is 1.82. The van der Waals surface area contributed by atoms with E-state index in [1.807, 2.05) is 38.4 Å². The van der Waals surface area contributed by atoms with E-state index in [9.17, 15) is 4.79 Å². The Labute approximate surface area is 144 Å². The van der Waals surface area contributed by atoms with Crippen molar-refractivity contribution >= 4 is 5.91 Å². The first kappa shape index (κ1) is 18.7. The number of carbonyl (C=O) groups excluding carboxylic acids is 1. The van der Waals surface area contributed by atoms with Gasteiger partial charge in [-0.15, -0.1) is 0 Å². The van der Waals surface area contributed by atoms with Crippen molar-refractivity contribution in [1.29, 1.82) is 0 Å². The van der Waals surface area contributed by atoms with Gasteiger partial charge in [0.05, 0.1) is 5.41 Å². The summed E-state index contributed by atoms with van der Waals surface area (Å²) < 4.78 is 11.0.